The van der Waals surface area contributed by atoms with E-state index < -0.39 is 12.1 Å². The van der Waals surface area contributed by atoms with Gasteiger partial charge < -0.3 is 36.0 Å². The summed E-state index contributed by atoms with van der Waals surface area (Å²) in [6.45, 7) is 7.11. The number of carbonyl (C=O) groups is 2. The molecule has 0 aliphatic carbocycles. The number of ether oxygens (including phenoxy) is 1. The maximum atomic E-state index is 13.0. The van der Waals surface area contributed by atoms with Crippen LogP contribution in [0.2, 0.25) is 0 Å². The molecular formula is C38H46N8O3. The van der Waals surface area contributed by atoms with Crippen molar-refractivity contribution >= 4 is 11.8 Å². The second kappa shape index (κ2) is 14.8. The number of H-pyrrole nitrogens is 2. The molecule has 6 rings (SSSR count). The van der Waals surface area contributed by atoms with E-state index >= 15 is 0 Å². The van der Waals surface area contributed by atoms with Gasteiger partial charge in [0.1, 0.15) is 17.7 Å². The summed E-state index contributed by atoms with van der Waals surface area (Å²) < 4.78 is 5.28. The first kappa shape index (κ1) is 34.1. The second-order valence-electron chi connectivity index (χ2n) is 13.4. The number of methoxy groups -OCH3 is 1. The van der Waals surface area contributed by atoms with Crippen LogP contribution in [0, 0.1) is 17.8 Å². The highest BCUT2D eigenvalue weighted by Crippen LogP contribution is 2.34. The van der Waals surface area contributed by atoms with Gasteiger partial charge in [0, 0.05) is 31.3 Å². The molecule has 256 valence electrons. The Morgan fingerprint density at radius 3 is 1.59 bits per heavy atom. The predicted molar refractivity (Wildman–Crippen MR) is 189 cm³/mol. The average molecular weight is 663 g/mol. The molecule has 2 aromatic heterocycles. The minimum atomic E-state index is -0.710. The van der Waals surface area contributed by atoms with Crippen LogP contribution in [0.15, 0.2) is 60.9 Å². The van der Waals surface area contributed by atoms with Crippen LogP contribution >= 0.6 is 0 Å². The van der Waals surface area contributed by atoms with Crippen molar-refractivity contribution in [3.05, 3.63) is 83.7 Å². The largest absolute Gasteiger partial charge is 0.380 e. The fourth-order valence-corrected chi connectivity index (χ4v) is 6.56. The molecule has 0 spiro atoms. The minimum Gasteiger partial charge on any atom is -0.380 e. The fraction of sp³-hybridized carbons (Fsp3) is 0.421. The van der Waals surface area contributed by atoms with Gasteiger partial charge >= 0.3 is 0 Å². The summed E-state index contributed by atoms with van der Waals surface area (Å²) in [5, 5.41) is 0. The Bertz CT molecular complexity index is 1820. The number of rotatable bonds is 9. The Kier molecular flexibility index (Phi) is 10.3. The summed E-state index contributed by atoms with van der Waals surface area (Å²) in [6, 6.07) is 14.6. The van der Waals surface area contributed by atoms with Crippen molar-refractivity contribution in [2.75, 3.05) is 20.2 Å². The molecule has 4 aromatic rings. The Balaban J connectivity index is 1.08. The summed E-state index contributed by atoms with van der Waals surface area (Å²) in [4.78, 5) is 45.8. The molecule has 49 heavy (non-hydrogen) atoms. The number of amides is 2. The number of nitrogens with zero attached hydrogens (tertiary/aromatic N) is 4. The lowest BCUT2D eigenvalue weighted by atomic mass is 10.0. The van der Waals surface area contributed by atoms with Crippen LogP contribution in [-0.2, 0) is 14.3 Å². The molecule has 2 aromatic carbocycles. The monoisotopic (exact) mass is 662 g/mol. The van der Waals surface area contributed by atoms with Crippen molar-refractivity contribution in [2.45, 2.75) is 76.7 Å². The molecule has 0 unspecified atom stereocenters. The molecule has 2 saturated heterocycles. The molecule has 0 saturated carbocycles. The number of nitrogens with one attached hydrogen (secondary N) is 2. The predicted octanol–water partition coefficient (Wildman–Crippen LogP) is 4.54. The Morgan fingerprint density at radius 1 is 0.755 bits per heavy atom. The Labute approximate surface area is 287 Å². The fourth-order valence-electron chi connectivity index (χ4n) is 6.56. The summed E-state index contributed by atoms with van der Waals surface area (Å²) in [5.74, 6) is 8.03. The lowest BCUT2D eigenvalue weighted by Crippen LogP contribution is -2.49. The van der Waals surface area contributed by atoms with E-state index in [1.807, 2.05) is 91.5 Å². The lowest BCUT2D eigenvalue weighted by Gasteiger charge is -2.28. The third kappa shape index (κ3) is 7.32. The van der Waals surface area contributed by atoms with E-state index in [0.717, 1.165) is 71.0 Å². The molecule has 0 bridgehead atoms. The number of hydrogen-bond donors (Lipinski definition) is 4. The number of benzene rings is 2. The van der Waals surface area contributed by atoms with Crippen molar-refractivity contribution in [2.24, 2.45) is 17.4 Å². The zero-order valence-electron chi connectivity index (χ0n) is 28.6. The van der Waals surface area contributed by atoms with Crippen LogP contribution in [-0.4, -0.2) is 79.9 Å². The van der Waals surface area contributed by atoms with Gasteiger partial charge in [0.25, 0.3) is 0 Å². The highest BCUT2D eigenvalue weighted by Gasteiger charge is 2.37. The lowest BCUT2D eigenvalue weighted by molar-refractivity contribution is -0.136. The maximum Gasteiger partial charge on any atom is 0.242 e. The number of likely N-dealkylation sites (tertiary alicyclic amines) is 2. The van der Waals surface area contributed by atoms with Crippen molar-refractivity contribution in [1.82, 2.24) is 29.7 Å². The first-order chi connectivity index (χ1) is 23.6. The third-order valence-electron chi connectivity index (χ3n) is 9.80. The maximum absolute atomic E-state index is 13.0. The zero-order valence-corrected chi connectivity index (χ0v) is 28.6. The highest BCUT2D eigenvalue weighted by atomic mass is 16.5. The van der Waals surface area contributed by atoms with Crippen LogP contribution in [0.1, 0.15) is 81.3 Å². The van der Waals surface area contributed by atoms with E-state index in [1.165, 1.54) is 0 Å². The molecule has 11 nitrogen and oxygen atoms in total. The first-order valence-corrected chi connectivity index (χ1v) is 17.1. The summed E-state index contributed by atoms with van der Waals surface area (Å²) in [5.41, 5.74) is 17.9. The molecular weight excluding hydrogens is 616 g/mol. The quantitative estimate of drug-likeness (QED) is 0.192. The van der Waals surface area contributed by atoms with E-state index in [1.54, 1.807) is 7.11 Å². The van der Waals surface area contributed by atoms with Crippen molar-refractivity contribution in [1.29, 1.82) is 0 Å². The van der Waals surface area contributed by atoms with E-state index in [2.05, 4.69) is 31.8 Å². The highest BCUT2D eigenvalue weighted by molar-refractivity contribution is 5.83. The minimum absolute atomic E-state index is 0.0108. The number of carbonyl (C=O) groups excluding carboxylic acids is 2. The van der Waals surface area contributed by atoms with E-state index in [4.69, 9.17) is 16.2 Å². The van der Waals surface area contributed by atoms with Crippen molar-refractivity contribution in [3.8, 4) is 34.4 Å². The number of aromatic amines is 2. The topological polar surface area (TPSA) is 159 Å². The molecule has 11 heteroatoms. The summed E-state index contributed by atoms with van der Waals surface area (Å²) >= 11 is 0. The van der Waals surface area contributed by atoms with Gasteiger partial charge in [0.05, 0.1) is 48.0 Å². The number of nitrogens with two attached hydrogens (primary N) is 2. The van der Waals surface area contributed by atoms with Crippen LogP contribution in [0.3, 0.4) is 0 Å². The van der Waals surface area contributed by atoms with Crippen molar-refractivity contribution < 1.29 is 14.3 Å². The van der Waals surface area contributed by atoms with Crippen LogP contribution in [0.25, 0.3) is 22.5 Å². The van der Waals surface area contributed by atoms with Crippen LogP contribution < -0.4 is 11.5 Å². The van der Waals surface area contributed by atoms with E-state index in [-0.39, 0.29) is 35.9 Å². The summed E-state index contributed by atoms with van der Waals surface area (Å²) in [7, 11) is 1.56. The van der Waals surface area contributed by atoms with Gasteiger partial charge in [-0.1, -0.05) is 50.0 Å². The number of aromatic nitrogens is 4. The van der Waals surface area contributed by atoms with Gasteiger partial charge in [-0.2, -0.15) is 0 Å². The smallest absolute Gasteiger partial charge is 0.242 e. The molecule has 2 fully saturated rings. The van der Waals surface area contributed by atoms with Gasteiger partial charge in [-0.3, -0.25) is 9.59 Å². The second-order valence-corrected chi connectivity index (χ2v) is 13.4. The van der Waals surface area contributed by atoms with Gasteiger partial charge in [-0.05, 0) is 73.9 Å². The molecule has 6 N–H and O–H groups in total. The van der Waals surface area contributed by atoms with Gasteiger partial charge in [-0.15, -0.1) is 0 Å². The molecule has 2 aliphatic rings. The van der Waals surface area contributed by atoms with Crippen LogP contribution in [0.4, 0.5) is 0 Å². The van der Waals surface area contributed by atoms with Gasteiger partial charge in [0.15, 0.2) is 0 Å². The standard InChI is InChI=1S/C38H46N8O3/c1-23(2)33(39)37(47)45-19-5-7-31(45)35-41-21-29(43-35)27-15-11-25(12-16-27)9-10-26-13-17-28(18-14-26)30-22-42-36(44-30)32-8-6-20-46(32)38(48)34(40)24(3)49-4/h11-18,21-24,31-34H,5-8,19-20,39-40H2,1-4H3,(H,41,43)(H,42,44)/t24-,31+,32+,33+,34+/m1/s1. The number of imidazole rings is 2. The van der Waals surface area contributed by atoms with E-state index in [0.29, 0.717) is 13.1 Å². The zero-order chi connectivity index (χ0) is 34.7. The molecule has 0 radical (unpaired) electrons. The Hall–Kier alpha value is -4.76. The molecule has 2 aliphatic heterocycles. The summed E-state index contributed by atoms with van der Waals surface area (Å²) in [6.07, 6.45) is 6.81. The van der Waals surface area contributed by atoms with Gasteiger partial charge in [0.2, 0.25) is 11.8 Å². The van der Waals surface area contributed by atoms with Gasteiger partial charge in [-0.25, -0.2) is 9.97 Å². The third-order valence-corrected chi connectivity index (χ3v) is 9.80. The SMILES string of the molecule is CO[C@H](C)[C@H](N)C(=O)N1CCC[C@H]1c1ncc(-c2ccc(C#Cc3ccc(-c4cnc([C@@H]5CCCN5C(=O)[C@@H](N)C(C)C)[nH]4)cc3)cc2)[nH]1. The molecule has 5 atom stereocenters. The Morgan fingerprint density at radius 2 is 1.18 bits per heavy atom. The molecule has 4 heterocycles. The average Bonchev–Trinajstić information content (AvgIpc) is 3.95. The first-order valence-electron chi connectivity index (χ1n) is 17.1. The van der Waals surface area contributed by atoms with Crippen LogP contribution in [0.5, 0.6) is 0 Å². The normalized spacial score (nSPS) is 19.5. The molecule has 2 amide bonds. The number of hydrogen-bond acceptors (Lipinski definition) is 7. The van der Waals surface area contributed by atoms with Crippen molar-refractivity contribution in [3.63, 3.8) is 0 Å². The van der Waals surface area contributed by atoms with E-state index in [9.17, 15) is 9.59 Å².